The van der Waals surface area contributed by atoms with E-state index >= 15 is 0 Å². The minimum absolute atomic E-state index is 0.130. The van der Waals surface area contributed by atoms with Crippen LogP contribution in [-0.4, -0.2) is 21.6 Å². The van der Waals surface area contributed by atoms with Gasteiger partial charge in [0, 0.05) is 24.0 Å². The van der Waals surface area contributed by atoms with Crippen LogP contribution in [0.1, 0.15) is 6.92 Å². The van der Waals surface area contributed by atoms with E-state index in [1.165, 1.54) is 18.0 Å². The SMILES string of the molecule is CC(CCl)CSc1ncc[nH]c1=O. The summed E-state index contributed by atoms with van der Waals surface area (Å²) in [6.45, 7) is 2.04. The largest absolute Gasteiger partial charge is 0.325 e. The lowest BCUT2D eigenvalue weighted by Gasteiger charge is -2.04. The first-order valence-electron chi connectivity index (χ1n) is 3.96. The van der Waals surface area contributed by atoms with E-state index in [9.17, 15) is 4.79 Å². The van der Waals surface area contributed by atoms with Gasteiger partial charge in [0.15, 0.2) is 5.03 Å². The summed E-state index contributed by atoms with van der Waals surface area (Å²) in [5.74, 6) is 1.83. The molecule has 1 heterocycles. The van der Waals surface area contributed by atoms with Gasteiger partial charge in [-0.2, -0.15) is 0 Å². The predicted molar refractivity (Wildman–Crippen MR) is 55.5 cm³/mol. The zero-order chi connectivity index (χ0) is 9.68. The third kappa shape index (κ3) is 3.40. The van der Waals surface area contributed by atoms with Gasteiger partial charge in [-0.15, -0.1) is 23.4 Å². The Morgan fingerprint density at radius 3 is 3.15 bits per heavy atom. The first kappa shape index (κ1) is 10.6. The van der Waals surface area contributed by atoms with Crippen molar-refractivity contribution < 1.29 is 0 Å². The molecule has 0 amide bonds. The van der Waals surface area contributed by atoms with Crippen molar-refractivity contribution in [1.29, 1.82) is 0 Å². The Morgan fingerprint density at radius 1 is 1.77 bits per heavy atom. The minimum atomic E-state index is -0.130. The third-order valence-corrected chi connectivity index (χ3v) is 3.27. The van der Waals surface area contributed by atoms with Gasteiger partial charge in [-0.05, 0) is 5.92 Å². The van der Waals surface area contributed by atoms with Gasteiger partial charge in [0.1, 0.15) is 0 Å². The summed E-state index contributed by atoms with van der Waals surface area (Å²) in [6.07, 6.45) is 3.10. The molecule has 0 spiro atoms. The van der Waals surface area contributed by atoms with Crippen molar-refractivity contribution in [3.63, 3.8) is 0 Å². The molecule has 0 aliphatic carbocycles. The van der Waals surface area contributed by atoms with Crippen molar-refractivity contribution >= 4 is 23.4 Å². The van der Waals surface area contributed by atoms with Crippen LogP contribution in [0.4, 0.5) is 0 Å². The number of alkyl halides is 1. The van der Waals surface area contributed by atoms with Gasteiger partial charge >= 0.3 is 0 Å². The van der Waals surface area contributed by atoms with E-state index in [2.05, 4.69) is 9.97 Å². The zero-order valence-corrected chi connectivity index (χ0v) is 8.86. The summed E-state index contributed by atoms with van der Waals surface area (Å²) in [7, 11) is 0. The van der Waals surface area contributed by atoms with Crippen LogP contribution >= 0.6 is 23.4 Å². The van der Waals surface area contributed by atoms with Crippen LogP contribution in [0.5, 0.6) is 0 Å². The molecule has 72 valence electrons. The average molecular weight is 219 g/mol. The van der Waals surface area contributed by atoms with E-state index in [1.54, 1.807) is 6.20 Å². The van der Waals surface area contributed by atoms with E-state index in [-0.39, 0.29) is 5.56 Å². The lowest BCUT2D eigenvalue weighted by atomic mass is 10.3. The number of halogens is 1. The number of aromatic amines is 1. The molecule has 0 radical (unpaired) electrons. The molecule has 1 atom stereocenters. The van der Waals surface area contributed by atoms with E-state index in [4.69, 9.17) is 11.6 Å². The summed E-state index contributed by atoms with van der Waals surface area (Å²) < 4.78 is 0. The number of H-pyrrole nitrogens is 1. The van der Waals surface area contributed by atoms with Crippen LogP contribution in [0.2, 0.25) is 0 Å². The Kier molecular flexibility index (Phi) is 4.32. The predicted octanol–water partition coefficient (Wildman–Crippen LogP) is 1.74. The van der Waals surface area contributed by atoms with E-state index < -0.39 is 0 Å². The van der Waals surface area contributed by atoms with Gasteiger partial charge in [0.25, 0.3) is 5.56 Å². The van der Waals surface area contributed by atoms with Gasteiger partial charge in [-0.3, -0.25) is 4.79 Å². The molecule has 1 rings (SSSR count). The Morgan fingerprint density at radius 2 is 2.54 bits per heavy atom. The fourth-order valence-electron chi connectivity index (χ4n) is 0.707. The molecule has 0 saturated carbocycles. The molecule has 0 fully saturated rings. The number of thioether (sulfide) groups is 1. The molecule has 1 aromatic heterocycles. The maximum atomic E-state index is 11.1. The van der Waals surface area contributed by atoms with Gasteiger partial charge in [0.05, 0.1) is 0 Å². The highest BCUT2D eigenvalue weighted by atomic mass is 35.5. The normalized spacial score (nSPS) is 12.8. The standard InChI is InChI=1S/C8H11ClN2OS/c1-6(4-9)5-13-8-7(12)10-2-3-11-8/h2-3,6H,4-5H2,1H3,(H,10,12). The monoisotopic (exact) mass is 218 g/mol. The van der Waals surface area contributed by atoms with Crippen LogP contribution in [0.15, 0.2) is 22.2 Å². The average Bonchev–Trinajstić information content (AvgIpc) is 2.16. The molecule has 0 bridgehead atoms. The van der Waals surface area contributed by atoms with Crippen LogP contribution in [0.3, 0.4) is 0 Å². The number of nitrogens with zero attached hydrogens (tertiary/aromatic N) is 1. The van der Waals surface area contributed by atoms with Crippen LogP contribution in [0, 0.1) is 5.92 Å². The summed E-state index contributed by atoms with van der Waals surface area (Å²) in [5, 5.41) is 0.513. The molecular formula is C8H11ClN2OS. The van der Waals surface area contributed by atoms with E-state index in [0.29, 0.717) is 16.8 Å². The number of aromatic nitrogens is 2. The van der Waals surface area contributed by atoms with Crippen molar-refractivity contribution in [2.45, 2.75) is 11.9 Å². The highest BCUT2D eigenvalue weighted by molar-refractivity contribution is 7.99. The number of hydrogen-bond acceptors (Lipinski definition) is 3. The Balaban J connectivity index is 2.55. The van der Waals surface area contributed by atoms with Gasteiger partial charge in [-0.25, -0.2) is 4.98 Å². The van der Waals surface area contributed by atoms with Crippen molar-refractivity contribution in [2.75, 3.05) is 11.6 Å². The summed E-state index contributed by atoms with van der Waals surface area (Å²) >= 11 is 7.08. The summed E-state index contributed by atoms with van der Waals surface area (Å²) in [4.78, 5) is 17.7. The fourth-order valence-corrected chi connectivity index (χ4v) is 1.83. The number of rotatable bonds is 4. The van der Waals surface area contributed by atoms with Gasteiger partial charge in [-0.1, -0.05) is 6.92 Å². The van der Waals surface area contributed by atoms with Gasteiger partial charge in [0.2, 0.25) is 0 Å². The molecule has 0 saturated heterocycles. The molecule has 1 unspecified atom stereocenters. The fraction of sp³-hybridized carbons (Fsp3) is 0.500. The highest BCUT2D eigenvalue weighted by Gasteiger charge is 2.04. The second kappa shape index (κ2) is 5.29. The lowest BCUT2D eigenvalue weighted by Crippen LogP contribution is -2.10. The molecular weight excluding hydrogens is 208 g/mol. The van der Waals surface area contributed by atoms with Gasteiger partial charge < -0.3 is 4.98 Å². The summed E-state index contributed by atoms with van der Waals surface area (Å²) in [5.41, 5.74) is -0.130. The summed E-state index contributed by atoms with van der Waals surface area (Å²) in [6, 6.07) is 0. The smallest absolute Gasteiger partial charge is 0.280 e. The third-order valence-electron chi connectivity index (χ3n) is 1.44. The van der Waals surface area contributed by atoms with Crippen LogP contribution in [-0.2, 0) is 0 Å². The Labute approximate surface area is 85.9 Å². The second-order valence-corrected chi connectivity index (χ2v) is 4.11. The molecule has 0 aliphatic heterocycles. The molecule has 0 aromatic carbocycles. The first-order chi connectivity index (χ1) is 6.24. The molecule has 1 aromatic rings. The first-order valence-corrected chi connectivity index (χ1v) is 5.48. The van der Waals surface area contributed by atoms with E-state index in [1.807, 2.05) is 6.92 Å². The minimum Gasteiger partial charge on any atom is -0.325 e. The van der Waals surface area contributed by atoms with E-state index in [0.717, 1.165) is 5.75 Å². The van der Waals surface area contributed by atoms with Crippen molar-refractivity contribution in [1.82, 2.24) is 9.97 Å². The molecule has 0 aliphatic rings. The maximum Gasteiger partial charge on any atom is 0.280 e. The van der Waals surface area contributed by atoms with Crippen LogP contribution < -0.4 is 5.56 Å². The lowest BCUT2D eigenvalue weighted by molar-refractivity contribution is 0.757. The topological polar surface area (TPSA) is 45.8 Å². The Bertz CT molecular complexity index is 315. The molecule has 13 heavy (non-hydrogen) atoms. The quantitative estimate of drug-likeness (QED) is 0.619. The molecule has 5 heteroatoms. The highest BCUT2D eigenvalue weighted by Crippen LogP contribution is 2.14. The number of hydrogen-bond donors (Lipinski definition) is 1. The Hall–Kier alpha value is -0.480. The van der Waals surface area contributed by atoms with Crippen molar-refractivity contribution in [3.05, 3.63) is 22.7 Å². The zero-order valence-electron chi connectivity index (χ0n) is 7.29. The van der Waals surface area contributed by atoms with Crippen molar-refractivity contribution in [2.24, 2.45) is 5.92 Å². The van der Waals surface area contributed by atoms with Crippen LogP contribution in [0.25, 0.3) is 0 Å². The molecule has 3 nitrogen and oxygen atoms in total. The molecule has 1 N–H and O–H groups in total. The van der Waals surface area contributed by atoms with Crippen molar-refractivity contribution in [3.8, 4) is 0 Å². The number of nitrogens with one attached hydrogen (secondary N) is 1. The maximum absolute atomic E-state index is 11.1. The second-order valence-electron chi connectivity index (χ2n) is 2.79.